The fraction of sp³-hybridized carbons (Fsp3) is 0. The second kappa shape index (κ2) is 4.11. The summed E-state index contributed by atoms with van der Waals surface area (Å²) in [6.07, 6.45) is 1.82. The van der Waals surface area contributed by atoms with E-state index in [9.17, 15) is 0 Å². The van der Waals surface area contributed by atoms with Crippen molar-refractivity contribution in [3.63, 3.8) is 0 Å². The highest BCUT2D eigenvalue weighted by Gasteiger charge is 2.29. The number of hydrogen-bond acceptors (Lipinski definition) is 6. The average Bonchev–Trinajstić information content (AvgIpc) is 2.59. The minimum absolute atomic E-state index is 0.610. The van der Waals surface area contributed by atoms with Crippen LogP contribution in [-0.4, -0.2) is 22.0 Å². The van der Waals surface area contributed by atoms with Gasteiger partial charge in [0.05, 0.1) is 17.2 Å². The SMILES string of the molecule is C1=NN2C(=NNc3nc4ccccc4nc32)c2ccccc21. The van der Waals surface area contributed by atoms with Gasteiger partial charge in [0.15, 0.2) is 11.7 Å². The van der Waals surface area contributed by atoms with Crippen molar-refractivity contribution in [2.45, 2.75) is 0 Å². The number of aromatic nitrogens is 2. The Bertz CT molecular complexity index is 975. The zero-order chi connectivity index (χ0) is 14.5. The van der Waals surface area contributed by atoms with E-state index in [4.69, 9.17) is 0 Å². The predicted molar refractivity (Wildman–Crippen MR) is 86.2 cm³/mol. The van der Waals surface area contributed by atoms with Gasteiger partial charge in [-0.25, -0.2) is 9.97 Å². The number of fused-ring (bicyclic) bond motifs is 6. The van der Waals surface area contributed by atoms with Crippen LogP contribution in [0.15, 0.2) is 58.7 Å². The molecule has 6 nitrogen and oxygen atoms in total. The van der Waals surface area contributed by atoms with Crippen molar-refractivity contribution >= 4 is 34.7 Å². The summed E-state index contributed by atoms with van der Waals surface area (Å²) in [4.78, 5) is 9.25. The molecule has 6 heteroatoms. The topological polar surface area (TPSA) is 65.8 Å². The average molecular weight is 286 g/mol. The van der Waals surface area contributed by atoms with Gasteiger partial charge in [-0.05, 0) is 12.1 Å². The Balaban J connectivity index is 1.73. The molecule has 0 radical (unpaired) electrons. The summed E-state index contributed by atoms with van der Waals surface area (Å²) in [5.74, 6) is 2.00. The van der Waals surface area contributed by atoms with Crippen molar-refractivity contribution in [3.05, 3.63) is 59.7 Å². The molecule has 2 aliphatic heterocycles. The van der Waals surface area contributed by atoms with Crippen molar-refractivity contribution < 1.29 is 0 Å². The number of amidine groups is 1. The minimum Gasteiger partial charge on any atom is -0.256 e. The molecule has 0 unspecified atom stereocenters. The maximum Gasteiger partial charge on any atom is 0.201 e. The molecule has 5 rings (SSSR count). The van der Waals surface area contributed by atoms with Crippen LogP contribution in [-0.2, 0) is 0 Å². The van der Waals surface area contributed by atoms with Crippen LogP contribution in [0.5, 0.6) is 0 Å². The molecule has 0 bridgehead atoms. The molecule has 3 aromatic rings. The largest absolute Gasteiger partial charge is 0.256 e. The summed E-state index contributed by atoms with van der Waals surface area (Å²) >= 11 is 0. The zero-order valence-corrected chi connectivity index (χ0v) is 11.4. The van der Waals surface area contributed by atoms with Crippen LogP contribution < -0.4 is 10.4 Å². The summed E-state index contributed by atoms with van der Waals surface area (Å²) in [5.41, 5.74) is 6.71. The molecule has 104 valence electrons. The third kappa shape index (κ3) is 1.49. The second-order valence-electron chi connectivity index (χ2n) is 5.08. The van der Waals surface area contributed by atoms with Crippen molar-refractivity contribution in [2.24, 2.45) is 10.2 Å². The summed E-state index contributed by atoms with van der Waals surface area (Å²) in [7, 11) is 0. The van der Waals surface area contributed by atoms with Gasteiger partial charge in [-0.2, -0.15) is 15.2 Å². The van der Waals surface area contributed by atoms with E-state index in [0.717, 1.165) is 28.0 Å². The molecule has 0 spiro atoms. The normalized spacial score (nSPS) is 14.7. The van der Waals surface area contributed by atoms with E-state index in [-0.39, 0.29) is 0 Å². The molecule has 0 saturated heterocycles. The smallest absolute Gasteiger partial charge is 0.201 e. The van der Waals surface area contributed by atoms with E-state index < -0.39 is 0 Å². The lowest BCUT2D eigenvalue weighted by atomic mass is 10.1. The van der Waals surface area contributed by atoms with Gasteiger partial charge in [-0.1, -0.05) is 36.4 Å². The first kappa shape index (κ1) is 11.4. The molecule has 3 heterocycles. The Hall–Kier alpha value is -3.28. The number of para-hydroxylation sites is 2. The van der Waals surface area contributed by atoms with Crippen LogP contribution in [0.2, 0.25) is 0 Å². The maximum atomic E-state index is 4.68. The summed E-state index contributed by atoms with van der Waals surface area (Å²) < 4.78 is 0. The number of benzene rings is 2. The van der Waals surface area contributed by atoms with Crippen LogP contribution in [0.25, 0.3) is 11.0 Å². The third-order valence-electron chi connectivity index (χ3n) is 3.74. The number of hydrazone groups is 2. The Kier molecular flexibility index (Phi) is 2.13. The molecule has 0 saturated carbocycles. The highest BCUT2D eigenvalue weighted by Crippen LogP contribution is 2.31. The Morgan fingerprint density at radius 3 is 2.55 bits per heavy atom. The minimum atomic E-state index is 0.610. The third-order valence-corrected chi connectivity index (χ3v) is 3.74. The van der Waals surface area contributed by atoms with Crippen molar-refractivity contribution in [1.82, 2.24) is 9.97 Å². The lowest BCUT2D eigenvalue weighted by Gasteiger charge is -2.28. The Morgan fingerprint density at radius 1 is 0.864 bits per heavy atom. The van der Waals surface area contributed by atoms with E-state index in [1.807, 2.05) is 54.7 Å². The van der Waals surface area contributed by atoms with Gasteiger partial charge in [0.1, 0.15) is 0 Å². The van der Waals surface area contributed by atoms with Crippen LogP contribution >= 0.6 is 0 Å². The number of nitrogens with zero attached hydrogens (tertiary/aromatic N) is 5. The lowest BCUT2D eigenvalue weighted by Crippen LogP contribution is -2.35. The molecule has 2 aromatic carbocycles. The van der Waals surface area contributed by atoms with E-state index >= 15 is 0 Å². The van der Waals surface area contributed by atoms with Gasteiger partial charge in [-0.15, -0.1) is 0 Å². The van der Waals surface area contributed by atoms with E-state index in [1.54, 1.807) is 5.01 Å². The molecular weight excluding hydrogens is 276 g/mol. The molecule has 1 aromatic heterocycles. The van der Waals surface area contributed by atoms with Crippen LogP contribution in [0.3, 0.4) is 0 Å². The molecule has 0 fully saturated rings. The van der Waals surface area contributed by atoms with Crippen LogP contribution in [0.1, 0.15) is 11.1 Å². The first-order valence-corrected chi connectivity index (χ1v) is 6.94. The number of anilines is 2. The molecule has 0 amide bonds. The van der Waals surface area contributed by atoms with Gasteiger partial charge in [0, 0.05) is 11.1 Å². The first-order valence-electron chi connectivity index (χ1n) is 6.94. The van der Waals surface area contributed by atoms with E-state index in [0.29, 0.717) is 11.6 Å². The van der Waals surface area contributed by atoms with Crippen LogP contribution in [0, 0.1) is 0 Å². The Labute approximate surface area is 125 Å². The highest BCUT2D eigenvalue weighted by molar-refractivity contribution is 6.18. The monoisotopic (exact) mass is 286 g/mol. The molecule has 0 atom stereocenters. The maximum absolute atomic E-state index is 4.68. The first-order chi connectivity index (χ1) is 10.9. The van der Waals surface area contributed by atoms with Crippen molar-refractivity contribution in [2.75, 3.05) is 10.4 Å². The molecule has 22 heavy (non-hydrogen) atoms. The molecular formula is C16H10N6. The quantitative estimate of drug-likeness (QED) is 0.689. The zero-order valence-electron chi connectivity index (χ0n) is 11.4. The van der Waals surface area contributed by atoms with Gasteiger partial charge in [0.25, 0.3) is 0 Å². The molecule has 1 N–H and O–H groups in total. The van der Waals surface area contributed by atoms with Gasteiger partial charge in [-0.3, -0.25) is 5.43 Å². The second-order valence-corrected chi connectivity index (χ2v) is 5.08. The number of nitrogens with one attached hydrogen (secondary N) is 1. The standard InChI is InChI=1S/C16H10N6/c1-2-6-11-10(5-1)9-17-22-15(11)21-20-14-16(22)19-13-8-4-3-7-12(13)18-14/h1-9H,(H,18,20). The number of rotatable bonds is 0. The fourth-order valence-electron chi connectivity index (χ4n) is 2.68. The predicted octanol–water partition coefficient (Wildman–Crippen LogP) is 2.57. The lowest BCUT2D eigenvalue weighted by molar-refractivity contribution is 1.02. The summed E-state index contributed by atoms with van der Waals surface area (Å²) in [5, 5.41) is 10.6. The van der Waals surface area contributed by atoms with Crippen molar-refractivity contribution in [1.29, 1.82) is 0 Å². The van der Waals surface area contributed by atoms with Crippen molar-refractivity contribution in [3.8, 4) is 0 Å². The van der Waals surface area contributed by atoms with Crippen LogP contribution in [0.4, 0.5) is 11.6 Å². The Morgan fingerprint density at radius 2 is 1.64 bits per heavy atom. The van der Waals surface area contributed by atoms with Gasteiger partial charge >= 0.3 is 0 Å². The van der Waals surface area contributed by atoms with Gasteiger partial charge in [0.2, 0.25) is 5.82 Å². The summed E-state index contributed by atoms with van der Waals surface area (Å²) in [6.45, 7) is 0. The highest BCUT2D eigenvalue weighted by atomic mass is 15.6. The van der Waals surface area contributed by atoms with Gasteiger partial charge < -0.3 is 0 Å². The number of hydrogen-bond donors (Lipinski definition) is 1. The van der Waals surface area contributed by atoms with E-state index in [2.05, 4.69) is 25.6 Å². The fourth-order valence-corrected chi connectivity index (χ4v) is 2.68. The molecule has 0 aliphatic carbocycles. The summed E-state index contributed by atoms with van der Waals surface area (Å²) in [6, 6.07) is 15.8. The molecule has 2 aliphatic rings. The van der Waals surface area contributed by atoms with E-state index in [1.165, 1.54) is 0 Å².